The molecule has 0 amide bonds. The molecular weight excluding hydrogens is 250 g/mol. The van der Waals surface area contributed by atoms with Gasteiger partial charge < -0.3 is 0 Å². The minimum Gasteiger partial charge on any atom is -0.297 e. The lowest BCUT2D eigenvalue weighted by molar-refractivity contribution is -0.0252. The van der Waals surface area contributed by atoms with Crippen molar-refractivity contribution in [3.63, 3.8) is 0 Å². The van der Waals surface area contributed by atoms with Crippen LogP contribution < -0.4 is 5.84 Å². The molecule has 2 N–H and O–H groups in total. The Morgan fingerprint density at radius 2 is 1.68 bits per heavy atom. The van der Waals surface area contributed by atoms with E-state index < -0.39 is 0 Å². The highest BCUT2D eigenvalue weighted by molar-refractivity contribution is 4.81. The van der Waals surface area contributed by atoms with E-state index in [2.05, 4.69) is 4.90 Å². The Labute approximate surface area is 114 Å². The first-order chi connectivity index (χ1) is 9.19. The quantitative estimate of drug-likeness (QED) is 0.604. The average molecular weight is 276 g/mol. The van der Waals surface area contributed by atoms with E-state index in [1.807, 2.05) is 5.01 Å². The summed E-state index contributed by atoms with van der Waals surface area (Å²) in [6.07, 6.45) is 3.79. The van der Waals surface area contributed by atoms with E-state index in [4.69, 9.17) is 5.84 Å². The molecule has 112 valence electrons. The molecule has 19 heavy (non-hydrogen) atoms. The first kappa shape index (κ1) is 15.1. The second-order valence-electron chi connectivity index (χ2n) is 5.80. The smallest absolute Gasteiger partial charge is 0.102 e. The van der Waals surface area contributed by atoms with Crippen molar-refractivity contribution < 1.29 is 8.87 Å². The Morgan fingerprint density at radius 3 is 2.26 bits per heavy atom. The summed E-state index contributed by atoms with van der Waals surface area (Å²) < 4.78 is 25.8. The summed E-state index contributed by atoms with van der Waals surface area (Å²) in [5, 5.41) is 2.73. The summed E-state index contributed by atoms with van der Waals surface area (Å²) in [7, 11) is 0. The molecule has 0 aromatic rings. The summed E-state index contributed by atoms with van der Waals surface area (Å²) in [5.74, 6) is 6.36. The molecule has 0 unspecified atom stereocenters. The van der Waals surface area contributed by atoms with E-state index in [-0.39, 0.29) is 6.67 Å². The van der Waals surface area contributed by atoms with Crippen molar-refractivity contribution >= 4 is 0 Å². The van der Waals surface area contributed by atoms with Gasteiger partial charge in [-0.2, -0.15) is 0 Å². The molecule has 6 heteroatoms. The van der Waals surface area contributed by atoms with Crippen molar-refractivity contribution in [2.45, 2.75) is 31.7 Å². The molecule has 0 atom stereocenters. The highest BCUT2D eigenvalue weighted by Gasteiger charge is 2.27. The standard InChI is InChI=1S/C13H26F2N4/c14-5-10-17(13-3-6-18(15)7-4-13)11-12-1-8-19(16)9-2-12/h12-13H,1-11,16H2. The van der Waals surface area contributed by atoms with Crippen molar-refractivity contribution in [2.75, 3.05) is 45.9 Å². The van der Waals surface area contributed by atoms with Gasteiger partial charge in [-0.3, -0.25) is 10.7 Å². The number of halogens is 2. The summed E-state index contributed by atoms with van der Waals surface area (Å²) in [5.41, 5.74) is 0. The van der Waals surface area contributed by atoms with Crippen LogP contribution in [0.2, 0.25) is 0 Å². The molecule has 0 spiro atoms. The molecule has 2 heterocycles. The first-order valence-corrected chi connectivity index (χ1v) is 7.39. The fraction of sp³-hybridized carbons (Fsp3) is 1.00. The maximum atomic E-state index is 13.0. The molecule has 2 rings (SSSR count). The van der Waals surface area contributed by atoms with Crippen molar-refractivity contribution in [3.8, 4) is 0 Å². The average Bonchev–Trinajstić information content (AvgIpc) is 2.42. The van der Waals surface area contributed by atoms with Gasteiger partial charge in [0.1, 0.15) is 6.67 Å². The lowest BCUT2D eigenvalue weighted by Gasteiger charge is -2.39. The molecule has 2 fully saturated rings. The van der Waals surface area contributed by atoms with Gasteiger partial charge in [-0.1, -0.05) is 0 Å². The number of nitrogens with two attached hydrogens (primary N) is 1. The van der Waals surface area contributed by atoms with Gasteiger partial charge in [-0.05, 0) is 31.6 Å². The predicted octanol–water partition coefficient (Wildman–Crippen LogP) is 1.19. The highest BCUT2D eigenvalue weighted by Crippen LogP contribution is 2.22. The summed E-state index contributed by atoms with van der Waals surface area (Å²) in [6.45, 7) is 3.93. The SMILES string of the molecule is NN1CCC(CN(CCF)C2CCN(F)CC2)CC1. The van der Waals surface area contributed by atoms with Crippen molar-refractivity contribution in [1.29, 1.82) is 0 Å². The maximum absolute atomic E-state index is 13.0. The third-order valence-corrected chi connectivity index (χ3v) is 4.44. The van der Waals surface area contributed by atoms with E-state index in [1.54, 1.807) is 0 Å². The Bertz CT molecular complexity index is 251. The van der Waals surface area contributed by atoms with Gasteiger partial charge in [-0.25, -0.2) is 9.40 Å². The summed E-state index contributed by atoms with van der Waals surface area (Å²) in [4.78, 5) is 2.24. The van der Waals surface area contributed by atoms with E-state index in [0.717, 1.165) is 50.4 Å². The monoisotopic (exact) mass is 276 g/mol. The normalized spacial score (nSPS) is 25.3. The molecular formula is C13H26F2N4. The third kappa shape index (κ3) is 4.63. The van der Waals surface area contributed by atoms with Crippen LogP contribution in [0.5, 0.6) is 0 Å². The minimum atomic E-state index is -0.314. The van der Waals surface area contributed by atoms with Crippen molar-refractivity contribution in [1.82, 2.24) is 15.0 Å². The number of hydrogen-bond acceptors (Lipinski definition) is 4. The maximum Gasteiger partial charge on any atom is 0.102 e. The number of nitrogens with zero attached hydrogens (tertiary/aromatic N) is 3. The first-order valence-electron chi connectivity index (χ1n) is 7.39. The number of hydrogen-bond donors (Lipinski definition) is 1. The molecule has 0 bridgehead atoms. The Hall–Kier alpha value is -0.300. The molecule has 0 aromatic heterocycles. The molecule has 0 aliphatic carbocycles. The minimum absolute atomic E-state index is 0.314. The van der Waals surface area contributed by atoms with E-state index in [9.17, 15) is 8.87 Å². The lowest BCUT2D eigenvalue weighted by Crippen LogP contribution is -2.47. The predicted molar refractivity (Wildman–Crippen MR) is 71.7 cm³/mol. The number of piperidine rings is 2. The Kier molecular flexibility index (Phi) is 5.94. The van der Waals surface area contributed by atoms with Gasteiger partial charge in [0.25, 0.3) is 0 Å². The number of alkyl halides is 1. The van der Waals surface area contributed by atoms with Crippen LogP contribution in [0.3, 0.4) is 0 Å². The van der Waals surface area contributed by atoms with Crippen LogP contribution in [0.1, 0.15) is 25.7 Å². The van der Waals surface area contributed by atoms with Gasteiger partial charge in [0.15, 0.2) is 0 Å². The Balaban J connectivity index is 1.81. The van der Waals surface area contributed by atoms with Crippen molar-refractivity contribution in [3.05, 3.63) is 0 Å². The second kappa shape index (κ2) is 7.47. The van der Waals surface area contributed by atoms with E-state index in [0.29, 0.717) is 31.6 Å². The van der Waals surface area contributed by atoms with Gasteiger partial charge in [-0.15, -0.1) is 9.60 Å². The lowest BCUT2D eigenvalue weighted by atomic mass is 9.95. The van der Waals surface area contributed by atoms with E-state index >= 15 is 0 Å². The molecule has 0 aromatic carbocycles. The fourth-order valence-corrected chi connectivity index (χ4v) is 3.20. The van der Waals surface area contributed by atoms with Crippen LogP contribution in [0.4, 0.5) is 8.87 Å². The van der Waals surface area contributed by atoms with Crippen LogP contribution in [-0.2, 0) is 0 Å². The molecule has 4 nitrogen and oxygen atoms in total. The van der Waals surface area contributed by atoms with Crippen LogP contribution in [0, 0.1) is 5.92 Å². The van der Waals surface area contributed by atoms with Gasteiger partial charge in [0.05, 0.1) is 0 Å². The van der Waals surface area contributed by atoms with Crippen LogP contribution in [-0.4, -0.2) is 67.0 Å². The summed E-state index contributed by atoms with van der Waals surface area (Å²) in [6, 6.07) is 0.346. The molecule has 0 radical (unpaired) electrons. The van der Waals surface area contributed by atoms with Crippen LogP contribution in [0.25, 0.3) is 0 Å². The van der Waals surface area contributed by atoms with Crippen LogP contribution >= 0.6 is 0 Å². The summed E-state index contributed by atoms with van der Waals surface area (Å²) >= 11 is 0. The topological polar surface area (TPSA) is 35.7 Å². The zero-order valence-electron chi connectivity index (χ0n) is 11.6. The highest BCUT2D eigenvalue weighted by atomic mass is 19.2. The zero-order chi connectivity index (χ0) is 13.7. The van der Waals surface area contributed by atoms with Crippen LogP contribution in [0.15, 0.2) is 0 Å². The molecule has 2 saturated heterocycles. The molecule has 2 aliphatic heterocycles. The number of hydrazine groups is 1. The Morgan fingerprint density at radius 1 is 1.05 bits per heavy atom. The third-order valence-electron chi connectivity index (χ3n) is 4.44. The molecule has 2 aliphatic rings. The van der Waals surface area contributed by atoms with E-state index in [1.165, 1.54) is 0 Å². The fourth-order valence-electron chi connectivity index (χ4n) is 3.20. The largest absolute Gasteiger partial charge is 0.297 e. The van der Waals surface area contributed by atoms with Gasteiger partial charge >= 0.3 is 0 Å². The zero-order valence-corrected chi connectivity index (χ0v) is 11.6. The van der Waals surface area contributed by atoms with Crippen molar-refractivity contribution in [2.24, 2.45) is 11.8 Å². The van der Waals surface area contributed by atoms with Gasteiger partial charge in [0, 0.05) is 45.3 Å². The number of rotatable bonds is 5. The van der Waals surface area contributed by atoms with Gasteiger partial charge in [0.2, 0.25) is 0 Å². The molecule has 0 saturated carbocycles. The second-order valence-corrected chi connectivity index (χ2v) is 5.80.